The van der Waals surface area contributed by atoms with E-state index in [0.29, 0.717) is 19.3 Å². The topological polar surface area (TPSA) is 134 Å². The van der Waals surface area contributed by atoms with Crippen molar-refractivity contribution in [2.24, 2.45) is 5.73 Å². The molecule has 0 saturated heterocycles. The van der Waals surface area contributed by atoms with E-state index in [9.17, 15) is 19.0 Å². The van der Waals surface area contributed by atoms with E-state index in [1.807, 2.05) is 12.2 Å². The van der Waals surface area contributed by atoms with Crippen LogP contribution in [-0.2, 0) is 32.7 Å². The monoisotopic (exact) mass is 846 g/mol. The SMILES string of the molecule is CCCCCCCC/C=C/C/C=C/C/C=C/CCCC(=O)OC[C@H](COP(=O)(O)OCCN)OC(=O)CCC/C=C/C/C=C/C/C=C/C/C=C/CCCCCCCCC. The van der Waals surface area contributed by atoms with Gasteiger partial charge in [-0.15, -0.1) is 0 Å². The summed E-state index contributed by atoms with van der Waals surface area (Å²) in [5, 5.41) is 0. The number of phosphoric acid groups is 1. The quantitative estimate of drug-likeness (QED) is 0.0266. The molecule has 0 rings (SSSR count). The van der Waals surface area contributed by atoms with Crippen molar-refractivity contribution < 1.29 is 37.6 Å². The normalized spacial score (nSPS) is 14.0. The Morgan fingerprint density at radius 2 is 0.881 bits per heavy atom. The largest absolute Gasteiger partial charge is 0.472 e. The number of phosphoric ester groups is 1. The summed E-state index contributed by atoms with van der Waals surface area (Å²) in [4.78, 5) is 34.9. The molecule has 0 aliphatic carbocycles. The van der Waals surface area contributed by atoms with Crippen molar-refractivity contribution >= 4 is 19.8 Å². The lowest BCUT2D eigenvalue weighted by molar-refractivity contribution is -0.161. The molecule has 3 N–H and O–H groups in total. The fourth-order valence-corrected chi connectivity index (χ4v) is 6.58. The van der Waals surface area contributed by atoms with Crippen LogP contribution in [-0.4, -0.2) is 49.3 Å². The maximum atomic E-state index is 12.6. The van der Waals surface area contributed by atoms with E-state index in [1.165, 1.54) is 89.9 Å². The number of carbonyl (C=O) groups excluding carboxylic acids is 2. The molecule has 0 aromatic carbocycles. The maximum Gasteiger partial charge on any atom is 0.472 e. The van der Waals surface area contributed by atoms with Gasteiger partial charge in [-0.2, -0.15) is 0 Å². The summed E-state index contributed by atoms with van der Waals surface area (Å²) in [6.07, 6.45) is 56.3. The van der Waals surface area contributed by atoms with E-state index >= 15 is 0 Å². The first-order chi connectivity index (χ1) is 28.8. The minimum atomic E-state index is -4.41. The molecule has 2 atom stereocenters. The molecule has 0 fully saturated rings. The van der Waals surface area contributed by atoms with Crippen LogP contribution in [0.2, 0.25) is 0 Å². The number of nitrogens with two attached hydrogens (primary N) is 1. The third-order valence-corrected chi connectivity index (χ3v) is 10.2. The van der Waals surface area contributed by atoms with E-state index in [2.05, 4.69) is 86.8 Å². The zero-order chi connectivity index (χ0) is 43.2. The van der Waals surface area contributed by atoms with Crippen molar-refractivity contribution in [2.45, 2.75) is 187 Å². The molecule has 0 radical (unpaired) electrons. The van der Waals surface area contributed by atoms with Crippen LogP contribution in [0.4, 0.5) is 0 Å². The smallest absolute Gasteiger partial charge is 0.462 e. The number of rotatable bonds is 42. The summed E-state index contributed by atoms with van der Waals surface area (Å²) in [6.45, 7) is 3.59. The van der Waals surface area contributed by atoms with Crippen molar-refractivity contribution in [3.05, 3.63) is 85.1 Å². The zero-order valence-electron chi connectivity index (χ0n) is 37.2. The highest BCUT2D eigenvalue weighted by atomic mass is 31.2. The van der Waals surface area contributed by atoms with Crippen LogP contribution < -0.4 is 5.73 Å². The predicted molar refractivity (Wildman–Crippen MR) is 247 cm³/mol. The molecule has 0 aliphatic rings. The highest BCUT2D eigenvalue weighted by molar-refractivity contribution is 7.47. The van der Waals surface area contributed by atoms with Crippen molar-refractivity contribution in [2.75, 3.05) is 26.4 Å². The minimum Gasteiger partial charge on any atom is -0.462 e. The summed E-state index contributed by atoms with van der Waals surface area (Å²) >= 11 is 0. The Kier molecular flexibility index (Phi) is 42.6. The van der Waals surface area contributed by atoms with Gasteiger partial charge in [0.25, 0.3) is 0 Å². The number of carbonyl (C=O) groups is 2. The fourth-order valence-electron chi connectivity index (χ4n) is 5.82. The first kappa shape index (κ1) is 56.2. The molecule has 1 unspecified atom stereocenters. The molecule has 59 heavy (non-hydrogen) atoms. The number of allylic oxidation sites excluding steroid dienone is 14. The molecule has 9 nitrogen and oxygen atoms in total. The lowest BCUT2D eigenvalue weighted by Crippen LogP contribution is -2.29. The van der Waals surface area contributed by atoms with Crippen molar-refractivity contribution in [3.63, 3.8) is 0 Å². The van der Waals surface area contributed by atoms with Gasteiger partial charge in [-0.3, -0.25) is 18.6 Å². The second-order valence-corrected chi connectivity index (χ2v) is 16.4. The molecule has 0 aromatic rings. The van der Waals surface area contributed by atoms with Gasteiger partial charge in [0.2, 0.25) is 0 Å². The summed E-state index contributed by atoms with van der Waals surface area (Å²) in [5.74, 6) is -0.961. The second kappa shape index (κ2) is 44.7. The van der Waals surface area contributed by atoms with Crippen LogP contribution >= 0.6 is 7.82 Å². The summed E-state index contributed by atoms with van der Waals surface area (Å²) in [5.41, 5.74) is 5.34. The average Bonchev–Trinajstić information content (AvgIpc) is 3.22. The average molecular weight is 846 g/mol. The van der Waals surface area contributed by atoms with E-state index in [1.54, 1.807) is 0 Å². The van der Waals surface area contributed by atoms with Gasteiger partial charge in [0.1, 0.15) is 6.61 Å². The molecular formula is C49H84NO8P. The van der Waals surface area contributed by atoms with Crippen LogP contribution in [0.15, 0.2) is 85.1 Å². The number of hydrogen-bond donors (Lipinski definition) is 2. The van der Waals surface area contributed by atoms with E-state index in [0.717, 1.165) is 44.9 Å². The van der Waals surface area contributed by atoms with Gasteiger partial charge in [-0.25, -0.2) is 4.57 Å². The second-order valence-electron chi connectivity index (χ2n) is 14.9. The van der Waals surface area contributed by atoms with Crippen LogP contribution in [0.5, 0.6) is 0 Å². The van der Waals surface area contributed by atoms with Gasteiger partial charge >= 0.3 is 19.8 Å². The molecule has 0 amide bonds. The van der Waals surface area contributed by atoms with Gasteiger partial charge in [0, 0.05) is 19.4 Å². The highest BCUT2D eigenvalue weighted by Gasteiger charge is 2.25. The first-order valence-corrected chi connectivity index (χ1v) is 24.6. The molecule has 10 heteroatoms. The Morgan fingerprint density at radius 3 is 1.31 bits per heavy atom. The zero-order valence-corrected chi connectivity index (χ0v) is 38.1. The Bertz CT molecular complexity index is 1240. The summed E-state index contributed by atoms with van der Waals surface area (Å²) in [6, 6.07) is 0. The molecule has 0 aliphatic heterocycles. The lowest BCUT2D eigenvalue weighted by Gasteiger charge is -2.19. The Balaban J connectivity index is 4.32. The highest BCUT2D eigenvalue weighted by Crippen LogP contribution is 2.43. The van der Waals surface area contributed by atoms with E-state index in [-0.39, 0.29) is 32.6 Å². The number of ether oxygens (including phenoxy) is 2. The Hall–Kier alpha value is -2.81. The van der Waals surface area contributed by atoms with Gasteiger partial charge in [0.05, 0.1) is 13.2 Å². The van der Waals surface area contributed by atoms with Crippen LogP contribution in [0.25, 0.3) is 0 Å². The number of hydrogen-bond acceptors (Lipinski definition) is 8. The Labute approximate surface area is 360 Å². The van der Waals surface area contributed by atoms with Gasteiger partial charge in [-0.05, 0) is 83.5 Å². The predicted octanol–water partition coefficient (Wildman–Crippen LogP) is 13.6. The van der Waals surface area contributed by atoms with Gasteiger partial charge < -0.3 is 20.1 Å². The molecule has 0 bridgehead atoms. The van der Waals surface area contributed by atoms with Gasteiger partial charge in [-0.1, -0.05) is 170 Å². The Morgan fingerprint density at radius 1 is 0.508 bits per heavy atom. The lowest BCUT2D eigenvalue weighted by atomic mass is 10.1. The van der Waals surface area contributed by atoms with Gasteiger partial charge in [0.15, 0.2) is 6.10 Å². The van der Waals surface area contributed by atoms with Crippen molar-refractivity contribution in [1.29, 1.82) is 0 Å². The summed E-state index contributed by atoms with van der Waals surface area (Å²) in [7, 11) is -4.41. The van der Waals surface area contributed by atoms with Crippen LogP contribution in [0.3, 0.4) is 0 Å². The number of unbranched alkanes of at least 4 members (excludes halogenated alkanes) is 15. The maximum absolute atomic E-state index is 12.6. The van der Waals surface area contributed by atoms with E-state index in [4.69, 9.17) is 24.3 Å². The third kappa shape index (κ3) is 44.6. The first-order valence-electron chi connectivity index (χ1n) is 23.1. The molecule has 0 spiro atoms. The minimum absolute atomic E-state index is 0.0341. The molecule has 0 heterocycles. The standard InChI is InChI=1S/C49H84NO8P/c1-3-5-7-9-11-13-15-17-19-21-22-23-24-26-28-30-32-34-36-38-40-42-49(52)58-47(46-57-59(53,54)56-44-43-50)45-55-48(51)41-39-37-35-33-31-29-27-25-20-18-16-14-12-10-8-6-4-2/h18-21,23-24,27-30,33-36,47H,3-17,22,25-26,31-32,37-46,50H2,1-2H3,(H,53,54)/b20-18+,21-19+,24-23+,29-27+,30-28+,35-33+,36-34+/t47-/m1/s1. The van der Waals surface area contributed by atoms with E-state index < -0.39 is 32.5 Å². The molecule has 0 saturated carbocycles. The van der Waals surface area contributed by atoms with Crippen LogP contribution in [0.1, 0.15) is 181 Å². The third-order valence-electron chi connectivity index (χ3n) is 9.25. The summed E-state index contributed by atoms with van der Waals surface area (Å²) < 4.78 is 32.7. The molecule has 338 valence electrons. The fraction of sp³-hybridized carbons (Fsp3) is 0.673. The molecule has 0 aromatic heterocycles. The van der Waals surface area contributed by atoms with Crippen molar-refractivity contribution in [1.82, 2.24) is 0 Å². The molecular weight excluding hydrogens is 762 g/mol. The van der Waals surface area contributed by atoms with Crippen molar-refractivity contribution in [3.8, 4) is 0 Å². The number of esters is 2. The van der Waals surface area contributed by atoms with Crippen LogP contribution in [0, 0.1) is 0 Å².